The number of aliphatic carboxylic acids is 1. The van der Waals surface area contributed by atoms with Crippen LogP contribution in [-0.2, 0) is 9.59 Å². The number of aromatic nitrogens is 1. The van der Waals surface area contributed by atoms with Crippen LogP contribution in [0.4, 0.5) is 5.69 Å². The lowest BCUT2D eigenvalue weighted by Crippen LogP contribution is -2.25. The molecule has 96 valence electrons. The van der Waals surface area contributed by atoms with Crippen molar-refractivity contribution in [1.82, 2.24) is 4.98 Å². The van der Waals surface area contributed by atoms with Gasteiger partial charge >= 0.3 is 5.97 Å². The molecule has 3 rings (SSSR count). The molecule has 0 spiro atoms. The average Bonchev–Trinajstić information content (AvgIpc) is 2.80. The number of amides is 1. The van der Waals surface area contributed by atoms with E-state index >= 15 is 0 Å². The third-order valence-corrected chi connectivity index (χ3v) is 3.43. The van der Waals surface area contributed by atoms with Crippen molar-refractivity contribution < 1.29 is 14.7 Å². The molecule has 1 aliphatic heterocycles. The summed E-state index contributed by atoms with van der Waals surface area (Å²) in [4.78, 5) is 28.6. The molecule has 0 radical (unpaired) electrons. The first-order valence-corrected chi connectivity index (χ1v) is 6.03. The maximum Gasteiger partial charge on any atom is 0.308 e. The first-order valence-electron chi connectivity index (χ1n) is 6.03. The highest BCUT2D eigenvalue weighted by Crippen LogP contribution is 2.31. The number of hydrogen-bond acceptors (Lipinski definition) is 3. The number of carboxylic acid groups (broad SMARTS) is 1. The Labute approximate surface area is 109 Å². The fraction of sp³-hybridized carbons (Fsp3) is 0.214. The van der Waals surface area contributed by atoms with Crippen LogP contribution in [-0.4, -0.2) is 28.5 Å². The number of carboxylic acids is 1. The second kappa shape index (κ2) is 4.35. The summed E-state index contributed by atoms with van der Waals surface area (Å²) in [6.07, 6.45) is 3.45. The first kappa shape index (κ1) is 11.6. The van der Waals surface area contributed by atoms with E-state index in [1.165, 1.54) is 0 Å². The fourth-order valence-corrected chi connectivity index (χ4v) is 2.44. The van der Waals surface area contributed by atoms with Gasteiger partial charge in [0.1, 0.15) is 0 Å². The van der Waals surface area contributed by atoms with Crippen molar-refractivity contribution in [2.24, 2.45) is 5.92 Å². The van der Waals surface area contributed by atoms with Crippen molar-refractivity contribution in [2.45, 2.75) is 6.42 Å². The van der Waals surface area contributed by atoms with Gasteiger partial charge in [0.05, 0.1) is 11.6 Å². The van der Waals surface area contributed by atoms with Crippen LogP contribution in [0.25, 0.3) is 10.8 Å². The summed E-state index contributed by atoms with van der Waals surface area (Å²) < 4.78 is 0. The Morgan fingerprint density at radius 3 is 2.95 bits per heavy atom. The van der Waals surface area contributed by atoms with Gasteiger partial charge in [-0.15, -0.1) is 0 Å². The zero-order valence-corrected chi connectivity index (χ0v) is 10.1. The van der Waals surface area contributed by atoms with Crippen LogP contribution in [0.1, 0.15) is 6.42 Å². The van der Waals surface area contributed by atoms with E-state index in [0.29, 0.717) is 0 Å². The summed E-state index contributed by atoms with van der Waals surface area (Å²) in [6, 6.07) is 7.50. The second-order valence-electron chi connectivity index (χ2n) is 4.62. The Morgan fingerprint density at radius 1 is 1.37 bits per heavy atom. The molecule has 1 N–H and O–H groups in total. The monoisotopic (exact) mass is 256 g/mol. The van der Waals surface area contributed by atoms with E-state index in [0.717, 1.165) is 16.5 Å². The van der Waals surface area contributed by atoms with E-state index in [4.69, 9.17) is 5.11 Å². The average molecular weight is 256 g/mol. The molecular weight excluding hydrogens is 244 g/mol. The Hall–Kier alpha value is -2.43. The van der Waals surface area contributed by atoms with Crippen LogP contribution in [0.2, 0.25) is 0 Å². The maximum atomic E-state index is 12.0. The van der Waals surface area contributed by atoms with Gasteiger partial charge in [0.2, 0.25) is 5.91 Å². The Kier molecular flexibility index (Phi) is 2.67. The number of hydrogen-bond donors (Lipinski definition) is 1. The molecule has 5 heteroatoms. The first-order chi connectivity index (χ1) is 9.16. The summed E-state index contributed by atoms with van der Waals surface area (Å²) in [5, 5.41) is 10.9. The van der Waals surface area contributed by atoms with Crippen LogP contribution in [0, 0.1) is 5.92 Å². The summed E-state index contributed by atoms with van der Waals surface area (Å²) in [6.45, 7) is 0.224. The zero-order chi connectivity index (χ0) is 13.4. The number of nitrogens with zero attached hydrogens (tertiary/aromatic N) is 2. The van der Waals surface area contributed by atoms with Gasteiger partial charge < -0.3 is 10.0 Å². The van der Waals surface area contributed by atoms with Gasteiger partial charge in [-0.3, -0.25) is 14.6 Å². The van der Waals surface area contributed by atoms with Gasteiger partial charge in [0, 0.05) is 30.7 Å². The molecule has 1 saturated heterocycles. The minimum absolute atomic E-state index is 0.0615. The van der Waals surface area contributed by atoms with E-state index in [1.807, 2.05) is 24.3 Å². The third kappa shape index (κ3) is 1.93. The largest absolute Gasteiger partial charge is 0.481 e. The highest BCUT2D eigenvalue weighted by Gasteiger charge is 2.35. The molecule has 2 heterocycles. The highest BCUT2D eigenvalue weighted by atomic mass is 16.4. The Balaban J connectivity index is 2.05. The molecule has 1 fully saturated rings. The Bertz CT molecular complexity index is 663. The fourth-order valence-electron chi connectivity index (χ4n) is 2.44. The van der Waals surface area contributed by atoms with E-state index in [1.54, 1.807) is 17.3 Å². The molecule has 1 aromatic carbocycles. The van der Waals surface area contributed by atoms with Crippen molar-refractivity contribution >= 4 is 28.3 Å². The molecule has 5 nitrogen and oxygen atoms in total. The van der Waals surface area contributed by atoms with E-state index < -0.39 is 11.9 Å². The van der Waals surface area contributed by atoms with Crippen molar-refractivity contribution in [3.63, 3.8) is 0 Å². The van der Waals surface area contributed by atoms with Gasteiger partial charge in [0.25, 0.3) is 0 Å². The molecule has 2 aromatic rings. The lowest BCUT2D eigenvalue weighted by Gasteiger charge is -2.18. The minimum Gasteiger partial charge on any atom is -0.481 e. The predicted molar refractivity (Wildman–Crippen MR) is 69.8 cm³/mol. The second-order valence-corrected chi connectivity index (χ2v) is 4.62. The topological polar surface area (TPSA) is 70.5 Å². The molecule has 1 aromatic heterocycles. The lowest BCUT2D eigenvalue weighted by molar-refractivity contribution is -0.141. The van der Waals surface area contributed by atoms with E-state index in [2.05, 4.69) is 4.98 Å². The van der Waals surface area contributed by atoms with Gasteiger partial charge in [-0.2, -0.15) is 0 Å². The summed E-state index contributed by atoms with van der Waals surface area (Å²) >= 11 is 0. The number of anilines is 1. The van der Waals surface area contributed by atoms with Crippen LogP contribution >= 0.6 is 0 Å². The molecule has 0 aliphatic carbocycles. The molecule has 0 bridgehead atoms. The summed E-state index contributed by atoms with van der Waals surface area (Å²) in [7, 11) is 0. The number of rotatable bonds is 2. The highest BCUT2D eigenvalue weighted by molar-refractivity contribution is 6.06. The molecule has 19 heavy (non-hydrogen) atoms. The molecule has 1 unspecified atom stereocenters. The standard InChI is InChI=1S/C14H12N2O3/c17-13-6-10(14(18)19)8-16(13)12-3-1-2-9-4-5-15-7-11(9)12/h1-5,7,10H,6,8H2,(H,18,19). The Morgan fingerprint density at radius 2 is 2.21 bits per heavy atom. The van der Waals surface area contributed by atoms with Crippen LogP contribution in [0.3, 0.4) is 0 Å². The zero-order valence-electron chi connectivity index (χ0n) is 10.1. The number of carbonyl (C=O) groups excluding carboxylic acids is 1. The number of pyridine rings is 1. The van der Waals surface area contributed by atoms with E-state index in [-0.39, 0.29) is 18.9 Å². The van der Waals surface area contributed by atoms with Gasteiger partial charge in [-0.05, 0) is 17.5 Å². The van der Waals surface area contributed by atoms with Crippen LogP contribution in [0.15, 0.2) is 36.7 Å². The van der Waals surface area contributed by atoms with Crippen molar-refractivity contribution in [3.8, 4) is 0 Å². The molecule has 1 aliphatic rings. The van der Waals surface area contributed by atoms with E-state index in [9.17, 15) is 9.59 Å². The third-order valence-electron chi connectivity index (χ3n) is 3.43. The van der Waals surface area contributed by atoms with Gasteiger partial charge in [0.15, 0.2) is 0 Å². The lowest BCUT2D eigenvalue weighted by atomic mass is 10.1. The normalized spacial score (nSPS) is 19.1. The molecular formula is C14H12N2O3. The van der Waals surface area contributed by atoms with Crippen LogP contribution in [0.5, 0.6) is 0 Å². The number of benzene rings is 1. The SMILES string of the molecule is O=C(O)C1CC(=O)N(c2cccc3ccncc23)C1. The predicted octanol–water partition coefficient (Wildman–Crippen LogP) is 1.67. The number of carbonyl (C=O) groups is 2. The van der Waals surface area contributed by atoms with Crippen molar-refractivity contribution in [2.75, 3.05) is 11.4 Å². The van der Waals surface area contributed by atoms with Crippen molar-refractivity contribution in [1.29, 1.82) is 0 Å². The smallest absolute Gasteiger partial charge is 0.308 e. The number of fused-ring (bicyclic) bond motifs is 1. The summed E-state index contributed by atoms with van der Waals surface area (Å²) in [5.41, 5.74) is 0.736. The van der Waals surface area contributed by atoms with Gasteiger partial charge in [-0.1, -0.05) is 12.1 Å². The van der Waals surface area contributed by atoms with Crippen LogP contribution < -0.4 is 4.90 Å². The van der Waals surface area contributed by atoms with Gasteiger partial charge in [-0.25, -0.2) is 0 Å². The summed E-state index contributed by atoms with van der Waals surface area (Å²) in [5.74, 6) is -1.70. The van der Waals surface area contributed by atoms with Crippen molar-refractivity contribution in [3.05, 3.63) is 36.7 Å². The molecule has 1 atom stereocenters. The molecule has 0 saturated carbocycles. The quantitative estimate of drug-likeness (QED) is 0.887. The maximum absolute atomic E-state index is 12.0. The minimum atomic E-state index is -0.922. The molecule has 1 amide bonds.